The molecule has 1 unspecified atom stereocenters. The minimum absolute atomic E-state index is 0.0480. The Bertz CT molecular complexity index is 377. The van der Waals surface area contributed by atoms with E-state index in [4.69, 9.17) is 17.3 Å². The van der Waals surface area contributed by atoms with Gasteiger partial charge in [0.05, 0.1) is 0 Å². The van der Waals surface area contributed by atoms with E-state index in [0.29, 0.717) is 11.4 Å². The molecule has 0 saturated heterocycles. The molecule has 0 bridgehead atoms. The molecule has 0 aromatic heterocycles. The zero-order valence-electron chi connectivity index (χ0n) is 9.52. The van der Waals surface area contributed by atoms with Crippen molar-refractivity contribution in [3.63, 3.8) is 0 Å². The molecule has 1 aromatic rings. The summed E-state index contributed by atoms with van der Waals surface area (Å²) in [7, 11) is 0. The molecule has 0 heterocycles. The van der Waals surface area contributed by atoms with E-state index >= 15 is 0 Å². The second-order valence-electron chi connectivity index (χ2n) is 4.12. The van der Waals surface area contributed by atoms with E-state index in [2.05, 4.69) is 0 Å². The predicted molar refractivity (Wildman–Crippen MR) is 63.0 cm³/mol. The summed E-state index contributed by atoms with van der Waals surface area (Å²) in [5.74, 6) is 0. The molecule has 17 heavy (non-hydrogen) atoms. The molecule has 0 saturated carbocycles. The lowest BCUT2D eigenvalue weighted by molar-refractivity contribution is -0.135. The smallest absolute Gasteiger partial charge is 0.324 e. The van der Waals surface area contributed by atoms with Gasteiger partial charge in [0.1, 0.15) is 0 Å². The maximum Gasteiger partial charge on any atom is 0.389 e. The Hall–Kier alpha value is -0.740. The highest BCUT2D eigenvalue weighted by Gasteiger charge is 2.26. The standard InChI is InChI=1S/C12H15ClF3N/c1-8-7-9(4-5-10(8)13)11(17)3-2-6-12(14,15)16/h4-5,7,11H,2-3,6,17H2,1H3. The first-order valence-corrected chi connectivity index (χ1v) is 5.76. The normalized spacial score (nSPS) is 13.8. The molecule has 1 rings (SSSR count). The molecule has 1 aromatic carbocycles. The van der Waals surface area contributed by atoms with Gasteiger partial charge in [0.2, 0.25) is 0 Å². The Labute approximate surface area is 104 Å². The zero-order chi connectivity index (χ0) is 13.1. The summed E-state index contributed by atoms with van der Waals surface area (Å²) in [6.07, 6.45) is -4.52. The van der Waals surface area contributed by atoms with Crippen LogP contribution < -0.4 is 5.73 Å². The van der Waals surface area contributed by atoms with E-state index in [0.717, 1.165) is 11.1 Å². The fourth-order valence-corrected chi connectivity index (χ4v) is 1.71. The van der Waals surface area contributed by atoms with Crippen molar-refractivity contribution in [3.05, 3.63) is 34.3 Å². The fourth-order valence-electron chi connectivity index (χ4n) is 1.59. The number of hydrogen-bond donors (Lipinski definition) is 1. The van der Waals surface area contributed by atoms with Gasteiger partial charge in [-0.25, -0.2) is 0 Å². The molecule has 0 aliphatic heterocycles. The third-order valence-electron chi connectivity index (χ3n) is 2.59. The maximum atomic E-state index is 12.0. The summed E-state index contributed by atoms with van der Waals surface area (Å²) in [5.41, 5.74) is 7.55. The zero-order valence-corrected chi connectivity index (χ0v) is 10.3. The number of aryl methyl sites for hydroxylation is 1. The highest BCUT2D eigenvalue weighted by atomic mass is 35.5. The molecule has 0 spiro atoms. The summed E-state index contributed by atoms with van der Waals surface area (Å²) in [6, 6.07) is 4.93. The van der Waals surface area contributed by atoms with Crippen LogP contribution in [0.5, 0.6) is 0 Å². The van der Waals surface area contributed by atoms with Gasteiger partial charge in [-0.05, 0) is 37.0 Å². The van der Waals surface area contributed by atoms with Gasteiger partial charge in [0.25, 0.3) is 0 Å². The van der Waals surface area contributed by atoms with Gasteiger partial charge in [-0.2, -0.15) is 13.2 Å². The molecular formula is C12H15ClF3N. The Morgan fingerprint density at radius 3 is 2.53 bits per heavy atom. The first-order valence-electron chi connectivity index (χ1n) is 5.38. The van der Waals surface area contributed by atoms with Crippen molar-refractivity contribution < 1.29 is 13.2 Å². The molecular weight excluding hydrogens is 251 g/mol. The third kappa shape index (κ3) is 4.96. The lowest BCUT2D eigenvalue weighted by Crippen LogP contribution is -2.13. The average Bonchev–Trinajstić information content (AvgIpc) is 2.20. The molecule has 2 N–H and O–H groups in total. The Balaban J connectivity index is 2.52. The summed E-state index contributed by atoms with van der Waals surface area (Å²) in [4.78, 5) is 0. The van der Waals surface area contributed by atoms with Crippen molar-refractivity contribution in [3.8, 4) is 0 Å². The van der Waals surface area contributed by atoms with Crippen molar-refractivity contribution >= 4 is 11.6 Å². The largest absolute Gasteiger partial charge is 0.389 e. The molecule has 96 valence electrons. The summed E-state index contributed by atoms with van der Waals surface area (Å²) < 4.78 is 35.9. The van der Waals surface area contributed by atoms with Gasteiger partial charge in [0, 0.05) is 17.5 Å². The second-order valence-corrected chi connectivity index (χ2v) is 4.53. The minimum Gasteiger partial charge on any atom is -0.324 e. The van der Waals surface area contributed by atoms with Crippen molar-refractivity contribution in [2.24, 2.45) is 5.73 Å². The van der Waals surface area contributed by atoms with Gasteiger partial charge in [0.15, 0.2) is 0 Å². The van der Waals surface area contributed by atoms with Gasteiger partial charge >= 0.3 is 6.18 Å². The van der Waals surface area contributed by atoms with Crippen LogP contribution in [0.15, 0.2) is 18.2 Å². The lowest BCUT2D eigenvalue weighted by atomic mass is 10.0. The van der Waals surface area contributed by atoms with Crippen molar-refractivity contribution in [1.29, 1.82) is 0 Å². The van der Waals surface area contributed by atoms with Crippen LogP contribution in [0.3, 0.4) is 0 Å². The van der Waals surface area contributed by atoms with Crippen molar-refractivity contribution in [2.45, 2.75) is 38.4 Å². The highest BCUT2D eigenvalue weighted by molar-refractivity contribution is 6.31. The molecule has 0 fully saturated rings. The highest BCUT2D eigenvalue weighted by Crippen LogP contribution is 2.26. The number of halogens is 4. The molecule has 1 atom stereocenters. The topological polar surface area (TPSA) is 26.0 Å². The third-order valence-corrected chi connectivity index (χ3v) is 3.01. The molecule has 1 nitrogen and oxygen atoms in total. The lowest BCUT2D eigenvalue weighted by Gasteiger charge is -2.14. The molecule has 0 aliphatic carbocycles. The van der Waals surface area contributed by atoms with Crippen LogP contribution in [0.4, 0.5) is 13.2 Å². The molecule has 5 heteroatoms. The fraction of sp³-hybridized carbons (Fsp3) is 0.500. The van der Waals surface area contributed by atoms with E-state index in [9.17, 15) is 13.2 Å². The first-order chi connectivity index (χ1) is 7.79. The van der Waals surface area contributed by atoms with E-state index in [1.54, 1.807) is 12.1 Å². The second kappa shape index (κ2) is 5.74. The molecule has 0 aliphatic rings. The first kappa shape index (κ1) is 14.3. The van der Waals surface area contributed by atoms with Gasteiger partial charge in [-0.3, -0.25) is 0 Å². The average molecular weight is 266 g/mol. The number of nitrogens with two attached hydrogens (primary N) is 1. The molecule has 0 amide bonds. The number of alkyl halides is 3. The Morgan fingerprint density at radius 1 is 1.35 bits per heavy atom. The van der Waals surface area contributed by atoms with Crippen LogP contribution in [0, 0.1) is 6.92 Å². The Kier molecular flexibility index (Phi) is 4.83. The molecule has 0 radical (unpaired) electrons. The van der Waals surface area contributed by atoms with E-state index < -0.39 is 12.6 Å². The minimum atomic E-state index is -4.10. The number of hydrogen-bond acceptors (Lipinski definition) is 1. The van der Waals surface area contributed by atoms with Crippen LogP contribution in [0.1, 0.15) is 36.4 Å². The summed E-state index contributed by atoms with van der Waals surface area (Å²) >= 11 is 5.86. The summed E-state index contributed by atoms with van der Waals surface area (Å²) in [5, 5.41) is 0.635. The van der Waals surface area contributed by atoms with E-state index in [1.807, 2.05) is 13.0 Å². The van der Waals surface area contributed by atoms with Crippen LogP contribution in [-0.4, -0.2) is 6.18 Å². The van der Waals surface area contributed by atoms with Crippen LogP contribution in [0.2, 0.25) is 5.02 Å². The van der Waals surface area contributed by atoms with Gasteiger partial charge < -0.3 is 5.73 Å². The van der Waals surface area contributed by atoms with Crippen molar-refractivity contribution in [2.75, 3.05) is 0 Å². The van der Waals surface area contributed by atoms with Crippen LogP contribution >= 0.6 is 11.6 Å². The SMILES string of the molecule is Cc1cc(C(N)CCCC(F)(F)F)ccc1Cl. The van der Waals surface area contributed by atoms with Crippen LogP contribution in [-0.2, 0) is 0 Å². The summed E-state index contributed by atoms with van der Waals surface area (Å²) in [6.45, 7) is 1.84. The van der Waals surface area contributed by atoms with E-state index in [-0.39, 0.29) is 12.5 Å². The van der Waals surface area contributed by atoms with Gasteiger partial charge in [-0.1, -0.05) is 23.7 Å². The predicted octanol–water partition coefficient (Wildman–Crippen LogP) is 4.38. The maximum absolute atomic E-state index is 12.0. The number of benzene rings is 1. The number of rotatable bonds is 4. The van der Waals surface area contributed by atoms with Crippen LogP contribution in [0.25, 0.3) is 0 Å². The Morgan fingerprint density at radius 2 is 2.00 bits per heavy atom. The van der Waals surface area contributed by atoms with Gasteiger partial charge in [-0.15, -0.1) is 0 Å². The quantitative estimate of drug-likeness (QED) is 0.859. The van der Waals surface area contributed by atoms with Crippen molar-refractivity contribution in [1.82, 2.24) is 0 Å². The van der Waals surface area contributed by atoms with E-state index in [1.165, 1.54) is 0 Å². The monoisotopic (exact) mass is 265 g/mol.